The summed E-state index contributed by atoms with van der Waals surface area (Å²) in [4.78, 5) is 4.54. The van der Waals surface area contributed by atoms with Crippen LogP contribution in [0.15, 0.2) is 30.6 Å². The van der Waals surface area contributed by atoms with Gasteiger partial charge in [-0.3, -0.25) is 4.68 Å². The first kappa shape index (κ1) is 11.8. The molecule has 5 nitrogen and oxygen atoms in total. The standard InChI is InChI=1S/C14H17N5/c1-10-17-13-6-12(4-5-14(13)19(10)3)15-7-11-8-16-18(2)9-11/h4-6,8-9,15H,7H2,1-3H3. The number of aryl methyl sites for hydroxylation is 3. The van der Waals surface area contributed by atoms with Gasteiger partial charge >= 0.3 is 0 Å². The maximum atomic E-state index is 4.54. The van der Waals surface area contributed by atoms with Gasteiger partial charge in [-0.25, -0.2) is 4.98 Å². The first-order valence-corrected chi connectivity index (χ1v) is 6.28. The molecule has 0 atom stereocenters. The molecular weight excluding hydrogens is 238 g/mol. The van der Waals surface area contributed by atoms with Crippen molar-refractivity contribution in [3.8, 4) is 0 Å². The van der Waals surface area contributed by atoms with E-state index in [9.17, 15) is 0 Å². The van der Waals surface area contributed by atoms with Gasteiger partial charge in [-0.2, -0.15) is 5.10 Å². The third-order valence-corrected chi connectivity index (χ3v) is 3.36. The van der Waals surface area contributed by atoms with E-state index in [0.29, 0.717) is 0 Å². The zero-order valence-corrected chi connectivity index (χ0v) is 11.4. The maximum Gasteiger partial charge on any atom is 0.106 e. The van der Waals surface area contributed by atoms with Crippen LogP contribution in [0.1, 0.15) is 11.4 Å². The smallest absolute Gasteiger partial charge is 0.106 e. The summed E-state index contributed by atoms with van der Waals surface area (Å²) in [6, 6.07) is 6.26. The van der Waals surface area contributed by atoms with E-state index in [2.05, 4.69) is 38.2 Å². The van der Waals surface area contributed by atoms with Crippen molar-refractivity contribution in [1.82, 2.24) is 19.3 Å². The molecular formula is C14H17N5. The summed E-state index contributed by atoms with van der Waals surface area (Å²) >= 11 is 0. The Labute approximate surface area is 111 Å². The largest absolute Gasteiger partial charge is 0.381 e. The summed E-state index contributed by atoms with van der Waals surface area (Å²) in [7, 11) is 3.96. The SMILES string of the molecule is Cc1nc2cc(NCc3cnn(C)c3)ccc2n1C. The lowest BCUT2D eigenvalue weighted by Crippen LogP contribution is -1.98. The summed E-state index contributed by atoms with van der Waals surface area (Å²) in [6.45, 7) is 2.79. The van der Waals surface area contributed by atoms with E-state index in [1.54, 1.807) is 0 Å². The average Bonchev–Trinajstić information content (AvgIpc) is 2.92. The van der Waals surface area contributed by atoms with Crippen LogP contribution < -0.4 is 5.32 Å². The average molecular weight is 255 g/mol. The normalized spacial score (nSPS) is 11.1. The van der Waals surface area contributed by atoms with E-state index in [1.165, 1.54) is 5.56 Å². The van der Waals surface area contributed by atoms with Crippen LogP contribution in [-0.4, -0.2) is 19.3 Å². The number of hydrogen-bond donors (Lipinski definition) is 1. The number of rotatable bonds is 3. The van der Waals surface area contributed by atoms with Crippen molar-refractivity contribution in [2.24, 2.45) is 14.1 Å². The highest BCUT2D eigenvalue weighted by Gasteiger charge is 2.04. The van der Waals surface area contributed by atoms with Crippen LogP contribution in [0, 0.1) is 6.92 Å². The molecule has 0 aliphatic rings. The van der Waals surface area contributed by atoms with E-state index in [4.69, 9.17) is 0 Å². The van der Waals surface area contributed by atoms with E-state index in [1.807, 2.05) is 38.1 Å². The molecule has 1 aromatic carbocycles. The van der Waals surface area contributed by atoms with Crippen LogP contribution in [0.3, 0.4) is 0 Å². The van der Waals surface area contributed by atoms with E-state index in [0.717, 1.165) is 29.1 Å². The molecule has 0 unspecified atom stereocenters. The Hall–Kier alpha value is -2.30. The fraction of sp³-hybridized carbons (Fsp3) is 0.286. The van der Waals surface area contributed by atoms with Crippen LogP contribution in [0.25, 0.3) is 11.0 Å². The molecule has 0 saturated heterocycles. The fourth-order valence-corrected chi connectivity index (χ4v) is 2.20. The van der Waals surface area contributed by atoms with Gasteiger partial charge in [0, 0.05) is 38.1 Å². The van der Waals surface area contributed by atoms with E-state index in [-0.39, 0.29) is 0 Å². The minimum Gasteiger partial charge on any atom is -0.381 e. The molecule has 98 valence electrons. The van der Waals surface area contributed by atoms with Crippen molar-refractivity contribution < 1.29 is 0 Å². The molecule has 0 spiro atoms. The van der Waals surface area contributed by atoms with Crippen LogP contribution in [0.5, 0.6) is 0 Å². The Morgan fingerprint density at radius 1 is 1.26 bits per heavy atom. The van der Waals surface area contributed by atoms with Gasteiger partial charge in [-0.15, -0.1) is 0 Å². The molecule has 3 aromatic rings. The van der Waals surface area contributed by atoms with Gasteiger partial charge in [0.1, 0.15) is 5.82 Å². The van der Waals surface area contributed by atoms with Crippen molar-refractivity contribution >= 4 is 16.7 Å². The number of aromatic nitrogens is 4. The third-order valence-electron chi connectivity index (χ3n) is 3.36. The molecule has 0 aliphatic heterocycles. The van der Waals surface area contributed by atoms with Crippen LogP contribution >= 0.6 is 0 Å². The van der Waals surface area contributed by atoms with Crippen molar-refractivity contribution in [3.63, 3.8) is 0 Å². The van der Waals surface area contributed by atoms with Gasteiger partial charge in [0.05, 0.1) is 17.2 Å². The molecule has 2 aromatic heterocycles. The van der Waals surface area contributed by atoms with Gasteiger partial charge in [0.15, 0.2) is 0 Å². The number of fused-ring (bicyclic) bond motifs is 1. The molecule has 0 amide bonds. The van der Waals surface area contributed by atoms with Crippen LogP contribution in [0.4, 0.5) is 5.69 Å². The highest BCUT2D eigenvalue weighted by Crippen LogP contribution is 2.19. The summed E-state index contributed by atoms with van der Waals surface area (Å²) in [5.74, 6) is 1.03. The highest BCUT2D eigenvalue weighted by atomic mass is 15.2. The number of anilines is 1. The van der Waals surface area contributed by atoms with Crippen molar-refractivity contribution in [2.45, 2.75) is 13.5 Å². The summed E-state index contributed by atoms with van der Waals surface area (Å²) < 4.78 is 3.91. The van der Waals surface area contributed by atoms with Crippen molar-refractivity contribution in [3.05, 3.63) is 42.0 Å². The Bertz CT molecular complexity index is 723. The van der Waals surface area contributed by atoms with Crippen molar-refractivity contribution in [2.75, 3.05) is 5.32 Å². The van der Waals surface area contributed by atoms with E-state index >= 15 is 0 Å². The van der Waals surface area contributed by atoms with Gasteiger partial charge in [0.2, 0.25) is 0 Å². The lowest BCUT2D eigenvalue weighted by Gasteiger charge is -2.04. The molecule has 0 bridgehead atoms. The van der Waals surface area contributed by atoms with Crippen molar-refractivity contribution in [1.29, 1.82) is 0 Å². The van der Waals surface area contributed by atoms with E-state index < -0.39 is 0 Å². The predicted molar refractivity (Wildman–Crippen MR) is 76.0 cm³/mol. The lowest BCUT2D eigenvalue weighted by molar-refractivity contribution is 0.767. The van der Waals surface area contributed by atoms with Gasteiger partial charge in [0.25, 0.3) is 0 Å². The quantitative estimate of drug-likeness (QED) is 0.780. The molecule has 0 saturated carbocycles. The van der Waals surface area contributed by atoms with Gasteiger partial charge in [-0.05, 0) is 25.1 Å². The minimum atomic E-state index is 0.769. The topological polar surface area (TPSA) is 47.7 Å². The third kappa shape index (κ3) is 2.19. The number of nitrogens with zero attached hydrogens (tertiary/aromatic N) is 4. The molecule has 2 heterocycles. The molecule has 1 N–H and O–H groups in total. The molecule has 0 radical (unpaired) electrons. The molecule has 19 heavy (non-hydrogen) atoms. The molecule has 0 fully saturated rings. The van der Waals surface area contributed by atoms with Gasteiger partial charge in [-0.1, -0.05) is 0 Å². The lowest BCUT2D eigenvalue weighted by atomic mass is 10.2. The maximum absolute atomic E-state index is 4.54. The molecule has 3 rings (SSSR count). The predicted octanol–water partition coefficient (Wildman–Crippen LogP) is 2.23. The Morgan fingerprint density at radius 2 is 2.11 bits per heavy atom. The monoisotopic (exact) mass is 255 g/mol. The number of benzene rings is 1. The highest BCUT2D eigenvalue weighted by molar-refractivity contribution is 5.80. The summed E-state index contributed by atoms with van der Waals surface area (Å²) in [5, 5.41) is 7.55. The Balaban J connectivity index is 1.81. The summed E-state index contributed by atoms with van der Waals surface area (Å²) in [6.07, 6.45) is 3.88. The zero-order valence-electron chi connectivity index (χ0n) is 11.4. The second kappa shape index (κ2) is 4.42. The minimum absolute atomic E-state index is 0.769. The number of hydrogen-bond acceptors (Lipinski definition) is 3. The second-order valence-electron chi connectivity index (χ2n) is 4.80. The zero-order chi connectivity index (χ0) is 13.4. The first-order valence-electron chi connectivity index (χ1n) is 6.28. The summed E-state index contributed by atoms with van der Waals surface area (Å²) in [5.41, 5.74) is 4.43. The molecule has 5 heteroatoms. The Morgan fingerprint density at radius 3 is 2.84 bits per heavy atom. The Kier molecular flexibility index (Phi) is 2.74. The second-order valence-corrected chi connectivity index (χ2v) is 4.80. The molecule has 0 aliphatic carbocycles. The number of nitrogens with one attached hydrogen (secondary N) is 1. The fourth-order valence-electron chi connectivity index (χ4n) is 2.20. The van der Waals surface area contributed by atoms with Gasteiger partial charge < -0.3 is 9.88 Å². The van der Waals surface area contributed by atoms with Crippen LogP contribution in [-0.2, 0) is 20.6 Å². The number of imidazole rings is 1. The first-order chi connectivity index (χ1) is 9.13. The van der Waals surface area contributed by atoms with Crippen LogP contribution in [0.2, 0.25) is 0 Å².